The molecular weight excluding hydrogens is 272 g/mol. The van der Waals surface area contributed by atoms with E-state index in [4.69, 9.17) is 17.3 Å². The van der Waals surface area contributed by atoms with E-state index < -0.39 is 10.0 Å². The van der Waals surface area contributed by atoms with Crippen molar-refractivity contribution in [3.8, 4) is 0 Å². The maximum Gasteiger partial charge on any atom is 0.244 e. The Morgan fingerprint density at radius 1 is 1.50 bits per heavy atom. The third-order valence-electron chi connectivity index (χ3n) is 2.37. The van der Waals surface area contributed by atoms with Crippen LogP contribution in [0.15, 0.2) is 35.2 Å². The number of rotatable bonds is 5. The summed E-state index contributed by atoms with van der Waals surface area (Å²) in [4.78, 5) is 0.0345. The minimum Gasteiger partial charge on any atom is -0.399 e. The van der Waals surface area contributed by atoms with E-state index in [1.165, 1.54) is 16.4 Å². The maximum absolute atomic E-state index is 12.4. The van der Waals surface area contributed by atoms with Crippen molar-refractivity contribution in [2.24, 2.45) is 0 Å². The highest BCUT2D eigenvalue weighted by Crippen LogP contribution is 2.26. The molecule has 18 heavy (non-hydrogen) atoms. The Morgan fingerprint density at radius 3 is 2.61 bits per heavy atom. The first-order valence-electron chi connectivity index (χ1n) is 5.48. The molecule has 6 heteroatoms. The second-order valence-electron chi connectivity index (χ2n) is 4.08. The van der Waals surface area contributed by atoms with Gasteiger partial charge < -0.3 is 5.73 Å². The summed E-state index contributed by atoms with van der Waals surface area (Å²) in [5.41, 5.74) is 6.74. The molecule has 0 bridgehead atoms. The van der Waals surface area contributed by atoms with Gasteiger partial charge in [-0.1, -0.05) is 30.7 Å². The molecule has 0 spiro atoms. The lowest BCUT2D eigenvalue weighted by molar-refractivity contribution is 0.453. The molecule has 0 aromatic heterocycles. The lowest BCUT2D eigenvalue weighted by Gasteiger charge is -2.21. The number of sulfonamides is 1. The van der Waals surface area contributed by atoms with Gasteiger partial charge in [-0.05, 0) is 25.1 Å². The van der Waals surface area contributed by atoms with Crippen LogP contribution in [0.4, 0.5) is 5.69 Å². The molecule has 2 N–H and O–H groups in total. The Bertz CT molecular complexity index is 555. The smallest absolute Gasteiger partial charge is 0.244 e. The van der Waals surface area contributed by atoms with Gasteiger partial charge in [0, 0.05) is 18.8 Å². The number of hydrogen-bond acceptors (Lipinski definition) is 3. The van der Waals surface area contributed by atoms with Gasteiger partial charge in [-0.3, -0.25) is 0 Å². The number of nitrogens with two attached hydrogens (primary N) is 1. The summed E-state index contributed by atoms with van der Waals surface area (Å²) in [6, 6.07) is 4.42. The molecular formula is C12H17ClN2O2S. The average Bonchev–Trinajstić information content (AvgIpc) is 2.28. The molecule has 0 aliphatic carbocycles. The number of anilines is 1. The van der Waals surface area contributed by atoms with Gasteiger partial charge in [0.2, 0.25) is 10.0 Å². The molecule has 0 amide bonds. The fourth-order valence-corrected chi connectivity index (χ4v) is 3.54. The number of nitrogen functional groups attached to an aromatic ring is 1. The zero-order valence-electron chi connectivity index (χ0n) is 10.5. The van der Waals surface area contributed by atoms with Gasteiger partial charge >= 0.3 is 0 Å². The maximum atomic E-state index is 12.4. The van der Waals surface area contributed by atoms with Gasteiger partial charge in [0.25, 0.3) is 0 Å². The first-order chi connectivity index (χ1) is 8.28. The predicted molar refractivity (Wildman–Crippen MR) is 75.1 cm³/mol. The van der Waals surface area contributed by atoms with E-state index >= 15 is 0 Å². The number of benzene rings is 1. The van der Waals surface area contributed by atoms with Gasteiger partial charge in [0.15, 0.2) is 0 Å². The summed E-state index contributed by atoms with van der Waals surface area (Å²) in [5, 5.41) is 0.171. The largest absolute Gasteiger partial charge is 0.399 e. The van der Waals surface area contributed by atoms with Crippen LogP contribution >= 0.6 is 11.6 Å². The molecule has 4 nitrogen and oxygen atoms in total. The Labute approximate surface area is 113 Å². The van der Waals surface area contributed by atoms with Crippen LogP contribution in [-0.2, 0) is 10.0 Å². The molecule has 100 valence electrons. The topological polar surface area (TPSA) is 63.4 Å². The lowest BCUT2D eigenvalue weighted by atomic mass is 10.3. The summed E-state index contributed by atoms with van der Waals surface area (Å²) in [6.45, 7) is 7.88. The second kappa shape index (κ2) is 5.73. The zero-order valence-corrected chi connectivity index (χ0v) is 12.1. The van der Waals surface area contributed by atoms with Crippen LogP contribution in [0.3, 0.4) is 0 Å². The molecule has 0 heterocycles. The Hall–Kier alpha value is -1.04. The highest BCUT2D eigenvalue weighted by atomic mass is 35.5. The fourth-order valence-electron chi connectivity index (χ4n) is 1.52. The van der Waals surface area contributed by atoms with Crippen LogP contribution in [-0.4, -0.2) is 25.8 Å². The van der Waals surface area contributed by atoms with Gasteiger partial charge in [-0.2, -0.15) is 4.31 Å². The molecule has 0 saturated heterocycles. The van der Waals surface area contributed by atoms with Crippen LogP contribution in [0.25, 0.3) is 0 Å². The van der Waals surface area contributed by atoms with E-state index in [-0.39, 0.29) is 16.5 Å². The Morgan fingerprint density at radius 2 is 2.11 bits per heavy atom. The van der Waals surface area contributed by atoms with Gasteiger partial charge in [0.1, 0.15) is 4.90 Å². The van der Waals surface area contributed by atoms with Crippen molar-refractivity contribution < 1.29 is 8.42 Å². The highest BCUT2D eigenvalue weighted by molar-refractivity contribution is 7.89. The summed E-state index contributed by atoms with van der Waals surface area (Å²) in [6.07, 6.45) is 0. The molecule has 0 aliphatic rings. The molecule has 0 fully saturated rings. The van der Waals surface area contributed by atoms with E-state index in [0.29, 0.717) is 12.2 Å². The van der Waals surface area contributed by atoms with Crippen molar-refractivity contribution in [2.75, 3.05) is 18.8 Å². The number of hydrogen-bond donors (Lipinski definition) is 1. The molecule has 1 aromatic carbocycles. The molecule has 0 saturated carbocycles. The fraction of sp³-hybridized carbons (Fsp3) is 0.333. The third-order valence-corrected chi connectivity index (χ3v) is 4.77. The van der Waals surface area contributed by atoms with E-state index in [1.807, 2.05) is 0 Å². The first-order valence-corrected chi connectivity index (χ1v) is 7.30. The summed E-state index contributed by atoms with van der Waals surface area (Å²) < 4.78 is 26.1. The number of nitrogens with zero attached hydrogens (tertiary/aromatic N) is 1. The van der Waals surface area contributed by atoms with Crippen molar-refractivity contribution in [1.29, 1.82) is 0 Å². The zero-order chi connectivity index (χ0) is 13.9. The van der Waals surface area contributed by atoms with Crippen molar-refractivity contribution >= 4 is 27.3 Å². The standard InChI is InChI=1S/C12H17ClN2O2S/c1-4-15(8-9(2)3)18(16,17)12-7-10(14)5-6-11(12)13/h5-7H,2,4,8,14H2,1,3H3. The van der Waals surface area contributed by atoms with Gasteiger partial charge in [0.05, 0.1) is 5.02 Å². The monoisotopic (exact) mass is 288 g/mol. The van der Waals surface area contributed by atoms with E-state index in [9.17, 15) is 8.42 Å². The number of halogens is 1. The van der Waals surface area contributed by atoms with Crippen molar-refractivity contribution in [1.82, 2.24) is 4.31 Å². The summed E-state index contributed by atoms with van der Waals surface area (Å²) in [5.74, 6) is 0. The van der Waals surface area contributed by atoms with Crippen LogP contribution in [0, 0.1) is 0 Å². The Balaban J connectivity index is 3.26. The summed E-state index contributed by atoms with van der Waals surface area (Å²) >= 11 is 5.93. The number of likely N-dealkylation sites (N-methyl/N-ethyl adjacent to an activating group) is 1. The van der Waals surface area contributed by atoms with Crippen LogP contribution in [0.1, 0.15) is 13.8 Å². The van der Waals surface area contributed by atoms with E-state index in [2.05, 4.69) is 6.58 Å². The minimum absolute atomic E-state index is 0.0345. The predicted octanol–water partition coefficient (Wildman–Crippen LogP) is 2.51. The highest BCUT2D eigenvalue weighted by Gasteiger charge is 2.25. The normalized spacial score (nSPS) is 11.8. The molecule has 1 rings (SSSR count). The van der Waals surface area contributed by atoms with Crippen molar-refractivity contribution in [2.45, 2.75) is 18.7 Å². The molecule has 0 atom stereocenters. The molecule has 0 aliphatic heterocycles. The van der Waals surface area contributed by atoms with Crippen LogP contribution < -0.4 is 5.73 Å². The van der Waals surface area contributed by atoms with Crippen molar-refractivity contribution in [3.63, 3.8) is 0 Å². The van der Waals surface area contributed by atoms with Crippen molar-refractivity contribution in [3.05, 3.63) is 35.4 Å². The SMILES string of the molecule is C=C(C)CN(CC)S(=O)(=O)c1cc(N)ccc1Cl. The lowest BCUT2D eigenvalue weighted by Crippen LogP contribution is -2.32. The van der Waals surface area contributed by atoms with E-state index in [1.54, 1.807) is 19.9 Å². The first kappa shape index (κ1) is 15.0. The van der Waals surface area contributed by atoms with Crippen LogP contribution in [0.5, 0.6) is 0 Å². The summed E-state index contributed by atoms with van der Waals surface area (Å²) in [7, 11) is -3.64. The molecule has 0 radical (unpaired) electrons. The average molecular weight is 289 g/mol. The van der Waals surface area contributed by atoms with Crippen LogP contribution in [0.2, 0.25) is 5.02 Å². The minimum atomic E-state index is -3.64. The molecule has 1 aromatic rings. The van der Waals surface area contributed by atoms with Gasteiger partial charge in [-0.25, -0.2) is 8.42 Å². The molecule has 0 unspecified atom stereocenters. The van der Waals surface area contributed by atoms with E-state index in [0.717, 1.165) is 5.57 Å². The second-order valence-corrected chi connectivity index (χ2v) is 6.39. The Kier molecular flexibility index (Phi) is 4.78. The third kappa shape index (κ3) is 3.25. The van der Waals surface area contributed by atoms with Gasteiger partial charge in [-0.15, -0.1) is 0 Å². The quantitative estimate of drug-likeness (QED) is 0.669.